The molecule has 0 aliphatic rings. The number of ether oxygens (including phenoxy) is 1. The van der Waals surface area contributed by atoms with Gasteiger partial charge in [-0.3, -0.25) is 9.36 Å². The van der Waals surface area contributed by atoms with Crippen molar-refractivity contribution < 1.29 is 9.53 Å². The number of para-hydroxylation sites is 2. The summed E-state index contributed by atoms with van der Waals surface area (Å²) in [7, 11) is 0. The Balaban J connectivity index is 2.07. The summed E-state index contributed by atoms with van der Waals surface area (Å²) in [6.07, 6.45) is 1.51. The van der Waals surface area contributed by atoms with Crippen molar-refractivity contribution in [3.8, 4) is 6.07 Å². The van der Waals surface area contributed by atoms with E-state index in [0.717, 1.165) is 22.4 Å². The van der Waals surface area contributed by atoms with Crippen molar-refractivity contribution in [3.05, 3.63) is 43.8 Å². The Morgan fingerprint density at radius 1 is 1.44 bits per heavy atom. The fourth-order valence-electron chi connectivity index (χ4n) is 2.53. The Labute approximate surface area is 158 Å². The molecule has 0 saturated carbocycles. The number of nitrogens with zero attached hydrogens (tertiary/aromatic N) is 3. The first-order chi connectivity index (χ1) is 13.1. The zero-order valence-corrected chi connectivity index (χ0v) is 15.6. The van der Waals surface area contributed by atoms with E-state index in [1.54, 1.807) is 13.8 Å². The quantitative estimate of drug-likeness (QED) is 0.633. The smallest absolute Gasteiger partial charge is 0.351 e. The van der Waals surface area contributed by atoms with E-state index in [0.29, 0.717) is 17.0 Å². The van der Waals surface area contributed by atoms with Crippen LogP contribution in [0.1, 0.15) is 13.8 Å². The van der Waals surface area contributed by atoms with Crippen LogP contribution in [-0.4, -0.2) is 27.1 Å². The number of benzene rings is 1. The molecule has 8 nitrogen and oxygen atoms in total. The Morgan fingerprint density at radius 3 is 2.89 bits per heavy atom. The number of esters is 1. The van der Waals surface area contributed by atoms with E-state index in [-0.39, 0.29) is 22.4 Å². The van der Waals surface area contributed by atoms with Crippen LogP contribution in [0.5, 0.6) is 0 Å². The van der Waals surface area contributed by atoms with E-state index >= 15 is 0 Å². The molecule has 3 rings (SSSR count). The minimum Gasteiger partial charge on any atom is -0.462 e. The zero-order chi connectivity index (χ0) is 19.4. The van der Waals surface area contributed by atoms with Gasteiger partial charge in [0.15, 0.2) is 5.57 Å². The number of anilines is 1. The molecule has 0 radical (unpaired) electrons. The number of H-pyrrole nitrogens is 1. The summed E-state index contributed by atoms with van der Waals surface area (Å²) in [5.74, 6) is -0.247. The maximum absolute atomic E-state index is 12.6. The number of hydrogen-bond donors (Lipinski definition) is 2. The first-order valence-electron chi connectivity index (χ1n) is 8.31. The number of carbonyl (C=O) groups excluding carboxylic acids is 1. The molecule has 3 aromatic rings. The van der Waals surface area contributed by atoms with E-state index in [1.165, 1.54) is 10.8 Å². The molecule has 0 aliphatic heterocycles. The van der Waals surface area contributed by atoms with E-state index in [9.17, 15) is 14.9 Å². The summed E-state index contributed by atoms with van der Waals surface area (Å²) in [4.78, 5) is 32.1. The lowest BCUT2D eigenvalue weighted by atomic mass is 10.3. The second-order valence-corrected chi connectivity index (χ2v) is 6.45. The van der Waals surface area contributed by atoms with E-state index < -0.39 is 5.97 Å². The van der Waals surface area contributed by atoms with E-state index in [4.69, 9.17) is 4.74 Å². The number of hydrogen-bond acceptors (Lipinski definition) is 7. The average molecular weight is 383 g/mol. The van der Waals surface area contributed by atoms with Crippen molar-refractivity contribution >= 4 is 46.1 Å². The van der Waals surface area contributed by atoms with Gasteiger partial charge in [0, 0.05) is 12.7 Å². The lowest BCUT2D eigenvalue weighted by molar-refractivity contribution is -0.136. The SMILES string of the molecule is CCOC(=O)C(C#N)=c1sc(=CNc2nc3ccccc3[nH]2)c(=O)n1CC. The molecule has 27 heavy (non-hydrogen) atoms. The number of rotatable bonds is 5. The summed E-state index contributed by atoms with van der Waals surface area (Å²) in [5, 5.41) is 12.3. The van der Waals surface area contributed by atoms with Gasteiger partial charge >= 0.3 is 5.97 Å². The number of aromatic nitrogens is 3. The van der Waals surface area contributed by atoms with Crippen molar-refractivity contribution in [2.24, 2.45) is 0 Å². The van der Waals surface area contributed by atoms with Crippen LogP contribution in [0.2, 0.25) is 0 Å². The number of thiazole rings is 1. The maximum atomic E-state index is 12.6. The fourth-order valence-corrected chi connectivity index (χ4v) is 3.61. The van der Waals surface area contributed by atoms with Gasteiger partial charge < -0.3 is 15.0 Å². The van der Waals surface area contributed by atoms with Gasteiger partial charge in [-0.2, -0.15) is 5.26 Å². The number of carbonyl (C=O) groups is 1. The summed E-state index contributed by atoms with van der Waals surface area (Å²) in [6.45, 7) is 3.91. The van der Waals surface area contributed by atoms with Crippen LogP contribution in [0.3, 0.4) is 0 Å². The first-order valence-corrected chi connectivity index (χ1v) is 9.13. The van der Waals surface area contributed by atoms with Gasteiger partial charge in [0.25, 0.3) is 5.56 Å². The predicted molar refractivity (Wildman–Crippen MR) is 103 cm³/mol. The Hall–Kier alpha value is -3.38. The third kappa shape index (κ3) is 3.61. The second kappa shape index (κ2) is 7.88. The van der Waals surface area contributed by atoms with Gasteiger partial charge in [0.2, 0.25) is 5.95 Å². The molecule has 0 aliphatic carbocycles. The lowest BCUT2D eigenvalue weighted by Crippen LogP contribution is -2.32. The summed E-state index contributed by atoms with van der Waals surface area (Å²) >= 11 is 1.05. The average Bonchev–Trinajstić information content (AvgIpc) is 3.21. The van der Waals surface area contributed by atoms with Crippen LogP contribution in [0.15, 0.2) is 29.1 Å². The molecule has 0 saturated heterocycles. The largest absolute Gasteiger partial charge is 0.462 e. The molecule has 0 unspecified atom stereocenters. The molecular formula is C18H17N5O3S. The van der Waals surface area contributed by atoms with Crippen LogP contribution in [-0.2, 0) is 16.1 Å². The molecule has 2 N–H and O–H groups in total. The monoisotopic (exact) mass is 383 g/mol. The molecule has 1 aromatic carbocycles. The minimum atomic E-state index is -0.736. The topological polar surface area (TPSA) is 113 Å². The van der Waals surface area contributed by atoms with Gasteiger partial charge in [0.1, 0.15) is 15.3 Å². The van der Waals surface area contributed by atoms with Crippen LogP contribution in [0.25, 0.3) is 22.8 Å². The Kier molecular flexibility index (Phi) is 5.38. The highest BCUT2D eigenvalue weighted by Gasteiger charge is 2.16. The van der Waals surface area contributed by atoms with Crippen molar-refractivity contribution in [1.29, 1.82) is 5.26 Å². The standard InChI is InChI=1S/C18H17N5O3S/c1-3-23-15(24)14(27-16(23)11(9-19)17(25)26-4-2)10-20-18-21-12-7-5-6-8-13(12)22-18/h5-8,10H,3-4H2,1-2H3,(H2,20,21,22). The van der Waals surface area contributed by atoms with Crippen LogP contribution in [0, 0.1) is 11.3 Å². The van der Waals surface area contributed by atoms with Gasteiger partial charge in [-0.05, 0) is 26.0 Å². The molecular weight excluding hydrogens is 366 g/mol. The second-order valence-electron chi connectivity index (χ2n) is 5.42. The Morgan fingerprint density at radius 2 is 2.22 bits per heavy atom. The molecule has 0 spiro atoms. The van der Waals surface area contributed by atoms with Crippen molar-refractivity contribution in [2.75, 3.05) is 11.9 Å². The highest BCUT2D eigenvalue weighted by Crippen LogP contribution is 2.12. The summed E-state index contributed by atoms with van der Waals surface area (Å²) in [6, 6.07) is 9.40. The highest BCUT2D eigenvalue weighted by molar-refractivity contribution is 7.07. The normalized spacial score (nSPS) is 12.7. The van der Waals surface area contributed by atoms with Gasteiger partial charge in [0.05, 0.1) is 17.6 Å². The number of fused-ring (bicyclic) bond motifs is 1. The maximum Gasteiger partial charge on any atom is 0.351 e. The molecule has 2 aromatic heterocycles. The van der Waals surface area contributed by atoms with Crippen LogP contribution in [0.4, 0.5) is 5.95 Å². The van der Waals surface area contributed by atoms with Crippen LogP contribution < -0.4 is 20.1 Å². The van der Waals surface area contributed by atoms with Gasteiger partial charge in [-0.1, -0.05) is 12.1 Å². The number of aromatic amines is 1. The number of imidazole rings is 1. The summed E-state index contributed by atoms with van der Waals surface area (Å²) in [5.41, 5.74) is 1.20. The van der Waals surface area contributed by atoms with Gasteiger partial charge in [-0.15, -0.1) is 11.3 Å². The molecule has 0 amide bonds. The molecule has 0 bridgehead atoms. The summed E-state index contributed by atoms with van der Waals surface area (Å²) < 4.78 is 6.92. The third-order valence-corrected chi connectivity index (χ3v) is 4.89. The van der Waals surface area contributed by atoms with E-state index in [2.05, 4.69) is 15.3 Å². The van der Waals surface area contributed by atoms with Crippen LogP contribution >= 0.6 is 11.3 Å². The van der Waals surface area contributed by atoms with Crippen molar-refractivity contribution in [3.63, 3.8) is 0 Å². The molecule has 0 fully saturated rings. The predicted octanol–water partition coefficient (Wildman–Crippen LogP) is 0.893. The zero-order valence-electron chi connectivity index (χ0n) is 14.8. The minimum absolute atomic E-state index is 0.151. The molecule has 138 valence electrons. The first kappa shape index (κ1) is 18.4. The highest BCUT2D eigenvalue weighted by atomic mass is 32.1. The number of nitriles is 1. The lowest BCUT2D eigenvalue weighted by Gasteiger charge is -2.00. The molecule has 0 atom stereocenters. The molecule has 2 heterocycles. The Bertz CT molecular complexity index is 1180. The van der Waals surface area contributed by atoms with E-state index in [1.807, 2.05) is 30.3 Å². The molecule has 9 heteroatoms. The fraction of sp³-hybridized carbons (Fsp3) is 0.222. The number of nitrogens with one attached hydrogen (secondary N) is 2. The van der Waals surface area contributed by atoms with Crippen molar-refractivity contribution in [1.82, 2.24) is 14.5 Å². The third-order valence-electron chi connectivity index (χ3n) is 3.76. The van der Waals surface area contributed by atoms with Crippen molar-refractivity contribution in [2.45, 2.75) is 20.4 Å². The van der Waals surface area contributed by atoms with Gasteiger partial charge in [-0.25, -0.2) is 9.78 Å².